The van der Waals surface area contributed by atoms with Gasteiger partial charge in [0.1, 0.15) is 10.7 Å². The first-order valence-electron chi connectivity index (χ1n) is 7.40. The summed E-state index contributed by atoms with van der Waals surface area (Å²) >= 11 is 0. The van der Waals surface area contributed by atoms with Crippen molar-refractivity contribution < 1.29 is 13.0 Å². The van der Waals surface area contributed by atoms with Crippen LogP contribution in [-0.4, -0.2) is 18.8 Å². The number of rotatable bonds is 2. The van der Waals surface area contributed by atoms with Gasteiger partial charge in [0.2, 0.25) is 0 Å². The summed E-state index contributed by atoms with van der Waals surface area (Å²) in [4.78, 5) is 4.54. The van der Waals surface area contributed by atoms with Crippen LogP contribution in [-0.2, 0) is 10.1 Å². The predicted octanol–water partition coefficient (Wildman–Crippen LogP) is 3.90. The first kappa shape index (κ1) is 14.9. The Labute approximate surface area is 139 Å². The minimum atomic E-state index is -4.30. The standard InChI is InChI=1S/C18H14N2O3S/c1-11-5-2-3-6-12(11)18-19-14-8-4-7-13-16(24(21,22)23)10-9-15(20-18)17(13)14/h2-10H,1H3,(H,19,20)(H,21,22,23). The summed E-state index contributed by atoms with van der Waals surface area (Å²) in [5, 5.41) is 4.41. The molecular weight excluding hydrogens is 324 g/mol. The second-order valence-corrected chi connectivity index (χ2v) is 7.08. The predicted molar refractivity (Wildman–Crippen MR) is 94.8 cm³/mol. The van der Waals surface area contributed by atoms with Gasteiger partial charge in [0.15, 0.2) is 0 Å². The Balaban J connectivity index is 2.00. The lowest BCUT2D eigenvalue weighted by Gasteiger charge is -2.20. The molecule has 120 valence electrons. The molecule has 0 amide bonds. The summed E-state index contributed by atoms with van der Waals surface area (Å²) in [5.41, 5.74) is 3.51. The Morgan fingerprint density at radius 2 is 1.79 bits per heavy atom. The van der Waals surface area contributed by atoms with Gasteiger partial charge >= 0.3 is 0 Å². The van der Waals surface area contributed by atoms with Crippen LogP contribution < -0.4 is 5.32 Å². The quantitative estimate of drug-likeness (QED) is 0.695. The van der Waals surface area contributed by atoms with E-state index in [1.54, 1.807) is 18.2 Å². The number of anilines is 1. The maximum atomic E-state index is 11.6. The summed E-state index contributed by atoms with van der Waals surface area (Å²) in [5.74, 6) is 0.715. The van der Waals surface area contributed by atoms with E-state index in [1.165, 1.54) is 6.07 Å². The zero-order valence-corrected chi connectivity index (χ0v) is 13.6. The average Bonchev–Trinajstić information content (AvgIpc) is 2.54. The molecule has 0 bridgehead atoms. The topological polar surface area (TPSA) is 78.8 Å². The van der Waals surface area contributed by atoms with E-state index in [4.69, 9.17) is 0 Å². The number of nitrogens with zero attached hydrogens (tertiary/aromatic N) is 1. The molecule has 2 N–H and O–H groups in total. The first-order chi connectivity index (χ1) is 11.4. The van der Waals surface area contributed by atoms with Crippen molar-refractivity contribution in [1.29, 1.82) is 0 Å². The fourth-order valence-electron chi connectivity index (χ4n) is 3.03. The summed E-state index contributed by atoms with van der Waals surface area (Å²) in [6, 6.07) is 16.2. The van der Waals surface area contributed by atoms with Crippen molar-refractivity contribution in [2.24, 2.45) is 4.99 Å². The van der Waals surface area contributed by atoms with E-state index in [1.807, 2.05) is 37.3 Å². The largest absolute Gasteiger partial charge is 0.339 e. The van der Waals surface area contributed by atoms with Gasteiger partial charge in [0, 0.05) is 22.0 Å². The van der Waals surface area contributed by atoms with Crippen molar-refractivity contribution in [3.8, 4) is 0 Å². The van der Waals surface area contributed by atoms with Crippen molar-refractivity contribution in [1.82, 2.24) is 0 Å². The summed E-state index contributed by atoms with van der Waals surface area (Å²) in [6.07, 6.45) is 0. The molecule has 1 aliphatic heterocycles. The molecule has 24 heavy (non-hydrogen) atoms. The molecule has 0 unspecified atom stereocenters. The fraction of sp³-hybridized carbons (Fsp3) is 0.0556. The maximum absolute atomic E-state index is 11.6. The maximum Gasteiger partial charge on any atom is 0.295 e. The van der Waals surface area contributed by atoms with Gasteiger partial charge in [0.25, 0.3) is 10.1 Å². The van der Waals surface area contributed by atoms with Crippen LogP contribution in [0.15, 0.2) is 64.5 Å². The molecule has 0 aromatic heterocycles. The fourth-order valence-corrected chi connectivity index (χ4v) is 3.71. The number of aryl methyl sites for hydroxylation is 1. The van der Waals surface area contributed by atoms with E-state index in [0.29, 0.717) is 22.3 Å². The van der Waals surface area contributed by atoms with Crippen LogP contribution in [0.5, 0.6) is 0 Å². The van der Waals surface area contributed by atoms with E-state index in [-0.39, 0.29) is 4.90 Å². The van der Waals surface area contributed by atoms with E-state index in [0.717, 1.165) is 16.8 Å². The molecule has 5 nitrogen and oxygen atoms in total. The molecule has 3 aromatic carbocycles. The van der Waals surface area contributed by atoms with Gasteiger partial charge in [0.05, 0.1) is 5.69 Å². The molecular formula is C18H14N2O3S. The highest BCUT2D eigenvalue weighted by Gasteiger charge is 2.21. The minimum absolute atomic E-state index is 0.112. The summed E-state index contributed by atoms with van der Waals surface area (Å²) < 4.78 is 32.7. The van der Waals surface area contributed by atoms with Gasteiger partial charge < -0.3 is 5.32 Å². The molecule has 6 heteroatoms. The molecule has 0 saturated heterocycles. The molecule has 0 spiro atoms. The first-order valence-corrected chi connectivity index (χ1v) is 8.84. The highest BCUT2D eigenvalue weighted by atomic mass is 32.2. The van der Waals surface area contributed by atoms with Gasteiger partial charge in [-0.1, -0.05) is 36.4 Å². The Morgan fingerprint density at radius 1 is 1.00 bits per heavy atom. The van der Waals surface area contributed by atoms with E-state index in [2.05, 4.69) is 10.3 Å². The SMILES string of the molecule is Cc1ccccc1C1=Nc2ccc(S(=O)(=O)O)c3cccc(c23)N1. The zero-order chi connectivity index (χ0) is 16.9. The summed E-state index contributed by atoms with van der Waals surface area (Å²) in [6.45, 7) is 2.01. The van der Waals surface area contributed by atoms with Crippen LogP contribution in [0.4, 0.5) is 11.4 Å². The molecule has 1 heterocycles. The van der Waals surface area contributed by atoms with Crippen LogP contribution in [0.2, 0.25) is 0 Å². The van der Waals surface area contributed by atoms with Gasteiger partial charge in [-0.2, -0.15) is 8.42 Å². The van der Waals surface area contributed by atoms with Crippen LogP contribution in [0.25, 0.3) is 10.8 Å². The number of hydrogen-bond donors (Lipinski definition) is 2. The third-order valence-corrected chi connectivity index (χ3v) is 5.05. The Morgan fingerprint density at radius 3 is 2.54 bits per heavy atom. The molecule has 0 aliphatic carbocycles. The lowest BCUT2D eigenvalue weighted by Crippen LogP contribution is -2.17. The molecule has 0 radical (unpaired) electrons. The highest BCUT2D eigenvalue weighted by molar-refractivity contribution is 7.86. The second kappa shape index (κ2) is 5.15. The number of nitrogens with one attached hydrogen (secondary N) is 1. The van der Waals surface area contributed by atoms with E-state index in [9.17, 15) is 13.0 Å². The molecule has 4 rings (SSSR count). The number of hydrogen-bond acceptors (Lipinski definition) is 4. The van der Waals surface area contributed by atoms with E-state index < -0.39 is 10.1 Å². The lowest BCUT2D eigenvalue weighted by atomic mass is 10.0. The van der Waals surface area contributed by atoms with Crippen LogP contribution >= 0.6 is 0 Å². The minimum Gasteiger partial charge on any atom is -0.339 e. The second-order valence-electron chi connectivity index (χ2n) is 5.69. The van der Waals surface area contributed by atoms with Gasteiger partial charge in [-0.25, -0.2) is 4.99 Å². The smallest absolute Gasteiger partial charge is 0.295 e. The van der Waals surface area contributed by atoms with Crippen LogP contribution in [0, 0.1) is 6.92 Å². The molecule has 0 atom stereocenters. The van der Waals surface area contributed by atoms with Crippen LogP contribution in [0.1, 0.15) is 11.1 Å². The molecule has 0 saturated carbocycles. The number of aliphatic imine (C=N–C) groups is 1. The molecule has 0 fully saturated rings. The highest BCUT2D eigenvalue weighted by Crippen LogP contribution is 2.39. The monoisotopic (exact) mass is 338 g/mol. The summed E-state index contributed by atoms with van der Waals surface area (Å²) in [7, 11) is -4.30. The van der Waals surface area contributed by atoms with Crippen molar-refractivity contribution in [3.63, 3.8) is 0 Å². The van der Waals surface area contributed by atoms with Crippen molar-refractivity contribution in [3.05, 3.63) is 65.7 Å². The van der Waals surface area contributed by atoms with Crippen molar-refractivity contribution in [2.45, 2.75) is 11.8 Å². The normalized spacial score (nSPS) is 13.5. The third-order valence-electron chi connectivity index (χ3n) is 4.14. The van der Waals surface area contributed by atoms with Crippen molar-refractivity contribution in [2.75, 3.05) is 5.32 Å². The molecule has 3 aromatic rings. The molecule has 1 aliphatic rings. The van der Waals surface area contributed by atoms with E-state index >= 15 is 0 Å². The van der Waals surface area contributed by atoms with Crippen molar-refractivity contribution >= 4 is 38.1 Å². The Bertz CT molecular complexity index is 1120. The average molecular weight is 338 g/mol. The number of benzene rings is 3. The van der Waals surface area contributed by atoms with Crippen LogP contribution in [0.3, 0.4) is 0 Å². The Hall–Kier alpha value is -2.70. The lowest BCUT2D eigenvalue weighted by molar-refractivity contribution is 0.484. The van der Waals surface area contributed by atoms with Gasteiger partial charge in [-0.05, 0) is 30.7 Å². The van der Waals surface area contributed by atoms with Gasteiger partial charge in [-0.15, -0.1) is 0 Å². The third kappa shape index (κ3) is 2.28. The van der Waals surface area contributed by atoms with Gasteiger partial charge in [-0.3, -0.25) is 4.55 Å². The Kier molecular flexibility index (Phi) is 3.19. The number of amidine groups is 1. The zero-order valence-electron chi connectivity index (χ0n) is 12.8.